The van der Waals surface area contributed by atoms with Crippen LogP contribution in [0.3, 0.4) is 0 Å². The SMILES string of the molecule is N#Cc1ccc(Cl)cc1C#CC=O. The molecule has 0 saturated heterocycles. The Kier molecular flexibility index (Phi) is 3.09. The Balaban J connectivity index is 3.25. The molecule has 0 radical (unpaired) electrons. The Bertz CT molecular complexity index is 434. The van der Waals surface area contributed by atoms with Gasteiger partial charge in [-0.2, -0.15) is 5.26 Å². The van der Waals surface area contributed by atoms with Gasteiger partial charge in [0.05, 0.1) is 5.56 Å². The van der Waals surface area contributed by atoms with Crippen LogP contribution in [0.25, 0.3) is 0 Å². The molecule has 13 heavy (non-hydrogen) atoms. The second-order valence-corrected chi connectivity index (χ2v) is 2.63. The number of rotatable bonds is 0. The van der Waals surface area contributed by atoms with Crippen LogP contribution in [-0.2, 0) is 4.79 Å². The molecular formula is C10H4ClNO. The predicted octanol–water partition coefficient (Wildman–Crippen LogP) is 1.76. The number of carbonyl (C=O) groups is 1. The van der Waals surface area contributed by atoms with E-state index in [1.54, 1.807) is 18.2 Å². The largest absolute Gasteiger partial charge is 0.289 e. The van der Waals surface area contributed by atoms with E-state index in [0.29, 0.717) is 22.4 Å². The molecule has 0 bridgehead atoms. The van der Waals surface area contributed by atoms with Crippen LogP contribution in [0.15, 0.2) is 18.2 Å². The maximum Gasteiger partial charge on any atom is 0.193 e. The lowest BCUT2D eigenvalue weighted by molar-refractivity contribution is -0.103. The molecule has 1 aromatic carbocycles. The zero-order chi connectivity index (χ0) is 9.68. The quantitative estimate of drug-likeness (QED) is 0.461. The number of hydrogen-bond acceptors (Lipinski definition) is 2. The zero-order valence-corrected chi connectivity index (χ0v) is 7.30. The summed E-state index contributed by atoms with van der Waals surface area (Å²) in [6.45, 7) is 0. The number of hydrogen-bond donors (Lipinski definition) is 0. The second kappa shape index (κ2) is 4.30. The summed E-state index contributed by atoms with van der Waals surface area (Å²) in [4.78, 5) is 9.97. The fourth-order valence-corrected chi connectivity index (χ4v) is 0.997. The Morgan fingerprint density at radius 1 is 1.38 bits per heavy atom. The highest BCUT2D eigenvalue weighted by molar-refractivity contribution is 6.30. The molecule has 1 rings (SSSR count). The van der Waals surface area contributed by atoms with Gasteiger partial charge < -0.3 is 0 Å². The van der Waals surface area contributed by atoms with Crippen molar-refractivity contribution >= 4 is 17.9 Å². The Morgan fingerprint density at radius 3 is 2.77 bits per heavy atom. The predicted molar refractivity (Wildman–Crippen MR) is 49.1 cm³/mol. The van der Waals surface area contributed by atoms with Crippen molar-refractivity contribution in [1.29, 1.82) is 5.26 Å². The van der Waals surface area contributed by atoms with Gasteiger partial charge in [-0.05, 0) is 24.1 Å². The van der Waals surface area contributed by atoms with Gasteiger partial charge in [-0.3, -0.25) is 4.79 Å². The van der Waals surface area contributed by atoms with Crippen molar-refractivity contribution in [2.75, 3.05) is 0 Å². The average molecular weight is 190 g/mol. The van der Waals surface area contributed by atoms with E-state index >= 15 is 0 Å². The Labute approximate surface area is 80.7 Å². The van der Waals surface area contributed by atoms with Crippen molar-refractivity contribution in [3.63, 3.8) is 0 Å². The molecule has 0 amide bonds. The van der Waals surface area contributed by atoms with Crippen molar-refractivity contribution in [3.05, 3.63) is 34.3 Å². The molecule has 0 aliphatic carbocycles. The standard InChI is InChI=1S/C10H4ClNO/c11-10-4-3-9(7-12)8(6-10)2-1-5-13/h3-6H. The van der Waals surface area contributed by atoms with Gasteiger partial charge in [0.1, 0.15) is 6.07 Å². The first-order valence-corrected chi connectivity index (χ1v) is 3.80. The summed E-state index contributed by atoms with van der Waals surface area (Å²) in [6.07, 6.45) is 0.474. The minimum Gasteiger partial charge on any atom is -0.289 e. The minimum absolute atomic E-state index is 0.416. The molecule has 0 N–H and O–H groups in total. The lowest BCUT2D eigenvalue weighted by Crippen LogP contribution is -1.82. The van der Waals surface area contributed by atoms with E-state index in [4.69, 9.17) is 16.9 Å². The van der Waals surface area contributed by atoms with E-state index in [1.165, 1.54) is 0 Å². The summed E-state index contributed by atoms with van der Waals surface area (Å²) in [5.41, 5.74) is 0.890. The molecule has 1 aromatic rings. The lowest BCUT2D eigenvalue weighted by atomic mass is 10.1. The van der Waals surface area contributed by atoms with Crippen LogP contribution in [0.2, 0.25) is 5.02 Å². The minimum atomic E-state index is 0.416. The van der Waals surface area contributed by atoms with Gasteiger partial charge >= 0.3 is 0 Å². The van der Waals surface area contributed by atoms with Crippen LogP contribution in [0.5, 0.6) is 0 Å². The van der Waals surface area contributed by atoms with Crippen LogP contribution in [-0.4, -0.2) is 6.29 Å². The van der Waals surface area contributed by atoms with Crippen LogP contribution in [0.1, 0.15) is 11.1 Å². The molecule has 0 saturated carbocycles. The van der Waals surface area contributed by atoms with E-state index in [2.05, 4.69) is 11.8 Å². The maximum atomic E-state index is 9.97. The highest BCUT2D eigenvalue weighted by atomic mass is 35.5. The third-order valence-electron chi connectivity index (χ3n) is 1.37. The summed E-state index contributed by atoms with van der Waals surface area (Å²) in [5.74, 6) is 4.76. The highest BCUT2D eigenvalue weighted by Gasteiger charge is 1.98. The highest BCUT2D eigenvalue weighted by Crippen LogP contribution is 2.14. The van der Waals surface area contributed by atoms with E-state index < -0.39 is 0 Å². The summed E-state index contributed by atoms with van der Waals surface area (Å²) in [6, 6.07) is 6.68. The summed E-state index contributed by atoms with van der Waals surface area (Å²) >= 11 is 5.69. The Morgan fingerprint density at radius 2 is 2.15 bits per heavy atom. The molecule has 3 heteroatoms. The van der Waals surface area contributed by atoms with Crippen LogP contribution in [0, 0.1) is 23.2 Å². The van der Waals surface area contributed by atoms with Crippen LogP contribution >= 0.6 is 11.6 Å². The zero-order valence-electron chi connectivity index (χ0n) is 6.54. The first kappa shape index (κ1) is 9.32. The van der Waals surface area contributed by atoms with Gasteiger partial charge in [-0.15, -0.1) is 0 Å². The summed E-state index contributed by atoms with van der Waals surface area (Å²) in [5, 5.41) is 9.15. The third kappa shape index (κ3) is 2.33. The van der Waals surface area contributed by atoms with Gasteiger partial charge in [-0.25, -0.2) is 0 Å². The molecule has 2 nitrogen and oxygen atoms in total. The van der Waals surface area contributed by atoms with Gasteiger partial charge in [0.15, 0.2) is 6.29 Å². The Hall–Kier alpha value is -1.77. The molecule has 0 heterocycles. The number of nitriles is 1. The van der Waals surface area contributed by atoms with E-state index in [9.17, 15) is 4.79 Å². The van der Waals surface area contributed by atoms with Gasteiger partial charge in [0, 0.05) is 10.6 Å². The van der Waals surface area contributed by atoms with Gasteiger partial charge in [0.2, 0.25) is 0 Å². The second-order valence-electron chi connectivity index (χ2n) is 2.19. The molecule has 0 fully saturated rings. The smallest absolute Gasteiger partial charge is 0.193 e. The van der Waals surface area contributed by atoms with Gasteiger partial charge in [0.25, 0.3) is 0 Å². The maximum absolute atomic E-state index is 9.97. The van der Waals surface area contributed by atoms with Crippen molar-refractivity contribution < 1.29 is 4.79 Å². The van der Waals surface area contributed by atoms with Crippen molar-refractivity contribution in [1.82, 2.24) is 0 Å². The topological polar surface area (TPSA) is 40.9 Å². The molecule has 0 spiro atoms. The molecule has 0 aromatic heterocycles. The van der Waals surface area contributed by atoms with Gasteiger partial charge in [-0.1, -0.05) is 17.5 Å². The molecule has 0 aliphatic rings. The molecular weight excluding hydrogens is 186 g/mol. The van der Waals surface area contributed by atoms with Crippen molar-refractivity contribution in [2.24, 2.45) is 0 Å². The van der Waals surface area contributed by atoms with Crippen LogP contribution < -0.4 is 0 Å². The summed E-state index contributed by atoms with van der Waals surface area (Å²) < 4.78 is 0. The van der Waals surface area contributed by atoms with Crippen molar-refractivity contribution in [3.8, 4) is 17.9 Å². The molecule has 62 valence electrons. The third-order valence-corrected chi connectivity index (χ3v) is 1.60. The lowest BCUT2D eigenvalue weighted by Gasteiger charge is -1.94. The number of carbonyl (C=O) groups excluding carboxylic acids is 1. The molecule has 0 aliphatic heterocycles. The fourth-order valence-electron chi connectivity index (χ4n) is 0.825. The first-order chi connectivity index (χ1) is 6.27. The number of nitrogens with zero attached hydrogens (tertiary/aromatic N) is 1. The van der Waals surface area contributed by atoms with Crippen LogP contribution in [0.4, 0.5) is 0 Å². The number of halogens is 1. The van der Waals surface area contributed by atoms with E-state index in [-0.39, 0.29) is 0 Å². The number of benzene rings is 1. The molecule has 0 atom stereocenters. The van der Waals surface area contributed by atoms with Crippen molar-refractivity contribution in [2.45, 2.75) is 0 Å². The normalized spacial score (nSPS) is 8.00. The summed E-state index contributed by atoms with van der Waals surface area (Å²) in [7, 11) is 0. The van der Waals surface area contributed by atoms with E-state index in [0.717, 1.165) is 0 Å². The van der Waals surface area contributed by atoms with E-state index in [1.807, 2.05) is 6.07 Å². The number of aldehydes is 1. The fraction of sp³-hybridized carbons (Fsp3) is 0. The molecule has 0 unspecified atom stereocenters. The first-order valence-electron chi connectivity index (χ1n) is 3.43. The monoisotopic (exact) mass is 189 g/mol. The average Bonchev–Trinajstić information content (AvgIpc) is 2.15.